The summed E-state index contributed by atoms with van der Waals surface area (Å²) in [6.07, 6.45) is 1.77. The van der Waals surface area contributed by atoms with Gasteiger partial charge in [-0.3, -0.25) is 4.79 Å². The Morgan fingerprint density at radius 2 is 2.05 bits per heavy atom. The molecule has 0 bridgehead atoms. The maximum absolute atomic E-state index is 11.9. The molecule has 0 unspecified atom stereocenters. The summed E-state index contributed by atoms with van der Waals surface area (Å²) in [5.74, 6) is 1.61. The van der Waals surface area contributed by atoms with E-state index in [4.69, 9.17) is 9.26 Å². The van der Waals surface area contributed by atoms with Crippen LogP contribution in [-0.4, -0.2) is 24.7 Å². The van der Waals surface area contributed by atoms with Gasteiger partial charge in [-0.2, -0.15) is 0 Å². The van der Waals surface area contributed by atoms with E-state index in [2.05, 4.69) is 10.5 Å². The number of benzene rings is 1. The van der Waals surface area contributed by atoms with Gasteiger partial charge in [0.05, 0.1) is 7.11 Å². The second-order valence-corrected chi connectivity index (χ2v) is 5.48. The van der Waals surface area contributed by atoms with Crippen molar-refractivity contribution in [1.29, 1.82) is 0 Å². The maximum atomic E-state index is 11.9. The number of carbonyl (C=O) groups is 1. The van der Waals surface area contributed by atoms with Crippen molar-refractivity contribution in [2.45, 2.75) is 32.6 Å². The Kier molecular flexibility index (Phi) is 5.58. The van der Waals surface area contributed by atoms with Crippen LogP contribution in [0.2, 0.25) is 0 Å². The first-order valence-electron chi connectivity index (χ1n) is 7.48. The van der Waals surface area contributed by atoms with Crippen LogP contribution in [0, 0.1) is 0 Å². The van der Waals surface area contributed by atoms with E-state index in [-0.39, 0.29) is 11.8 Å². The van der Waals surface area contributed by atoms with Crippen molar-refractivity contribution in [3.05, 3.63) is 47.3 Å². The maximum Gasteiger partial charge on any atom is 0.273 e. The third kappa shape index (κ3) is 4.35. The zero-order chi connectivity index (χ0) is 15.9. The van der Waals surface area contributed by atoms with Gasteiger partial charge in [0, 0.05) is 18.5 Å². The van der Waals surface area contributed by atoms with Gasteiger partial charge in [-0.15, -0.1) is 0 Å². The number of hydrogen-bond acceptors (Lipinski definition) is 4. The van der Waals surface area contributed by atoms with Gasteiger partial charge in [0.1, 0.15) is 11.5 Å². The molecular weight excluding hydrogens is 280 g/mol. The van der Waals surface area contributed by atoms with Crippen molar-refractivity contribution in [3.63, 3.8) is 0 Å². The van der Waals surface area contributed by atoms with Gasteiger partial charge >= 0.3 is 0 Å². The lowest BCUT2D eigenvalue weighted by Crippen LogP contribution is -2.25. The summed E-state index contributed by atoms with van der Waals surface area (Å²) in [4.78, 5) is 11.9. The van der Waals surface area contributed by atoms with Crippen molar-refractivity contribution in [1.82, 2.24) is 10.5 Å². The van der Waals surface area contributed by atoms with Crippen molar-refractivity contribution in [2.75, 3.05) is 13.7 Å². The first-order valence-corrected chi connectivity index (χ1v) is 7.48. The molecule has 5 heteroatoms. The molecule has 0 fully saturated rings. The summed E-state index contributed by atoms with van der Waals surface area (Å²) >= 11 is 0. The Hall–Kier alpha value is -2.30. The number of rotatable bonds is 7. The summed E-state index contributed by atoms with van der Waals surface area (Å²) in [5.41, 5.74) is 1.56. The standard InChI is InChI=1S/C17H22N2O3/c1-12(2)16-11-15(19-22-16)17(20)18-10-4-5-13-6-8-14(21-3)9-7-13/h6-9,11-12H,4-5,10H2,1-3H3,(H,18,20). The molecule has 0 radical (unpaired) electrons. The second kappa shape index (κ2) is 7.64. The lowest BCUT2D eigenvalue weighted by molar-refractivity contribution is 0.0944. The molecule has 0 saturated heterocycles. The largest absolute Gasteiger partial charge is 0.497 e. The Morgan fingerprint density at radius 1 is 1.32 bits per heavy atom. The van der Waals surface area contributed by atoms with Gasteiger partial charge in [0.25, 0.3) is 5.91 Å². The van der Waals surface area contributed by atoms with Gasteiger partial charge in [0.15, 0.2) is 5.69 Å². The van der Waals surface area contributed by atoms with Crippen molar-refractivity contribution >= 4 is 5.91 Å². The highest BCUT2D eigenvalue weighted by atomic mass is 16.5. The van der Waals surface area contributed by atoms with Crippen LogP contribution in [0.4, 0.5) is 0 Å². The van der Waals surface area contributed by atoms with Crippen LogP contribution in [-0.2, 0) is 6.42 Å². The summed E-state index contributed by atoms with van der Waals surface area (Å²) < 4.78 is 10.2. The number of nitrogens with one attached hydrogen (secondary N) is 1. The first kappa shape index (κ1) is 16.1. The van der Waals surface area contributed by atoms with E-state index in [0.717, 1.165) is 24.4 Å². The van der Waals surface area contributed by atoms with Crippen LogP contribution >= 0.6 is 0 Å². The van der Waals surface area contributed by atoms with Crippen LogP contribution in [0.5, 0.6) is 5.75 Å². The molecule has 1 aromatic carbocycles. The van der Waals surface area contributed by atoms with Crippen LogP contribution in [0.3, 0.4) is 0 Å². The fraction of sp³-hybridized carbons (Fsp3) is 0.412. The normalized spacial score (nSPS) is 10.7. The predicted molar refractivity (Wildman–Crippen MR) is 84.2 cm³/mol. The van der Waals surface area contributed by atoms with Crippen LogP contribution < -0.4 is 10.1 Å². The van der Waals surface area contributed by atoms with Crippen LogP contribution in [0.15, 0.2) is 34.9 Å². The van der Waals surface area contributed by atoms with E-state index >= 15 is 0 Å². The van der Waals surface area contributed by atoms with E-state index in [1.165, 1.54) is 5.56 Å². The molecular formula is C17H22N2O3. The highest BCUT2D eigenvalue weighted by Gasteiger charge is 2.13. The fourth-order valence-electron chi connectivity index (χ4n) is 2.05. The highest BCUT2D eigenvalue weighted by molar-refractivity contribution is 5.92. The van der Waals surface area contributed by atoms with E-state index < -0.39 is 0 Å². The van der Waals surface area contributed by atoms with Crippen molar-refractivity contribution < 1.29 is 14.1 Å². The van der Waals surface area contributed by atoms with E-state index in [0.29, 0.717) is 12.2 Å². The van der Waals surface area contributed by atoms with Gasteiger partial charge in [-0.25, -0.2) is 0 Å². The molecule has 1 aromatic heterocycles. The van der Waals surface area contributed by atoms with Crippen LogP contribution in [0.25, 0.3) is 0 Å². The number of hydrogen-bond donors (Lipinski definition) is 1. The number of carbonyl (C=O) groups excluding carboxylic acids is 1. The summed E-state index contributed by atoms with van der Waals surface area (Å²) in [5, 5.41) is 6.65. The quantitative estimate of drug-likeness (QED) is 0.798. The lowest BCUT2D eigenvalue weighted by atomic mass is 10.1. The molecule has 0 saturated carbocycles. The average Bonchev–Trinajstić information content (AvgIpc) is 3.02. The number of methoxy groups -OCH3 is 1. The minimum Gasteiger partial charge on any atom is -0.497 e. The zero-order valence-electron chi connectivity index (χ0n) is 13.3. The second-order valence-electron chi connectivity index (χ2n) is 5.48. The molecule has 0 aliphatic carbocycles. The van der Waals surface area contributed by atoms with E-state index in [9.17, 15) is 4.79 Å². The minimum atomic E-state index is -0.189. The Bertz CT molecular complexity index is 603. The molecule has 22 heavy (non-hydrogen) atoms. The Morgan fingerprint density at radius 3 is 2.64 bits per heavy atom. The molecule has 1 heterocycles. The SMILES string of the molecule is COc1ccc(CCCNC(=O)c2cc(C(C)C)on2)cc1. The van der Waals surface area contributed by atoms with E-state index in [1.54, 1.807) is 13.2 Å². The molecule has 2 rings (SSSR count). The number of ether oxygens (including phenoxy) is 1. The molecule has 0 spiro atoms. The number of nitrogens with zero attached hydrogens (tertiary/aromatic N) is 1. The first-order chi connectivity index (χ1) is 10.6. The van der Waals surface area contributed by atoms with Crippen LogP contribution in [0.1, 0.15) is 48.0 Å². The number of aromatic nitrogens is 1. The Balaban J connectivity index is 1.74. The minimum absolute atomic E-state index is 0.189. The molecule has 0 atom stereocenters. The molecule has 118 valence electrons. The van der Waals surface area contributed by atoms with Gasteiger partial charge in [0.2, 0.25) is 0 Å². The topological polar surface area (TPSA) is 64.4 Å². The molecule has 1 amide bonds. The van der Waals surface area contributed by atoms with Crippen molar-refractivity contribution in [3.8, 4) is 5.75 Å². The number of amides is 1. The summed E-state index contributed by atoms with van der Waals surface area (Å²) in [6, 6.07) is 9.65. The smallest absolute Gasteiger partial charge is 0.273 e. The van der Waals surface area contributed by atoms with Gasteiger partial charge in [-0.1, -0.05) is 31.1 Å². The molecule has 0 aliphatic rings. The fourth-order valence-corrected chi connectivity index (χ4v) is 2.05. The summed E-state index contributed by atoms with van der Waals surface area (Å²) in [6.45, 7) is 4.60. The third-order valence-electron chi connectivity index (χ3n) is 3.42. The molecule has 5 nitrogen and oxygen atoms in total. The summed E-state index contributed by atoms with van der Waals surface area (Å²) in [7, 11) is 1.65. The zero-order valence-corrected chi connectivity index (χ0v) is 13.3. The highest BCUT2D eigenvalue weighted by Crippen LogP contribution is 2.15. The van der Waals surface area contributed by atoms with Gasteiger partial charge in [-0.05, 0) is 30.5 Å². The monoisotopic (exact) mass is 302 g/mol. The lowest BCUT2D eigenvalue weighted by Gasteiger charge is -2.04. The molecule has 0 aliphatic heterocycles. The Labute approximate surface area is 130 Å². The molecule has 1 N–H and O–H groups in total. The average molecular weight is 302 g/mol. The van der Waals surface area contributed by atoms with E-state index in [1.807, 2.05) is 38.1 Å². The predicted octanol–water partition coefficient (Wildman–Crippen LogP) is 3.17. The van der Waals surface area contributed by atoms with Gasteiger partial charge < -0.3 is 14.6 Å². The third-order valence-corrected chi connectivity index (χ3v) is 3.42. The van der Waals surface area contributed by atoms with Crippen molar-refractivity contribution in [2.24, 2.45) is 0 Å². The molecule has 2 aromatic rings. The number of aryl methyl sites for hydroxylation is 1.